The number of aliphatic carboxylic acids is 2. The molecule has 0 aliphatic rings. The second-order valence-electron chi connectivity index (χ2n) is 4.19. The van der Waals surface area contributed by atoms with Crippen molar-refractivity contribution in [3.63, 3.8) is 0 Å². The number of hydrogen-bond donors (Lipinski definition) is 2. The summed E-state index contributed by atoms with van der Waals surface area (Å²) < 4.78 is 23.9. The van der Waals surface area contributed by atoms with Crippen LogP contribution in [0.25, 0.3) is 0 Å². The van der Waals surface area contributed by atoms with Gasteiger partial charge in [-0.1, -0.05) is 20.3 Å². The maximum atomic E-state index is 11.6. The molecule has 0 radical (unpaired) electrons. The third-order valence-electron chi connectivity index (χ3n) is 2.72. The quantitative estimate of drug-likeness (QED) is 0.658. The molecule has 0 fully saturated rings. The lowest BCUT2D eigenvalue weighted by Crippen LogP contribution is -2.48. The van der Waals surface area contributed by atoms with Gasteiger partial charge in [0, 0.05) is 6.54 Å². The van der Waals surface area contributed by atoms with Crippen LogP contribution < -0.4 is 0 Å². The molecule has 0 aliphatic carbocycles. The Balaban J connectivity index is 5.25. The minimum absolute atomic E-state index is 0.338. The van der Waals surface area contributed by atoms with Crippen molar-refractivity contribution in [3.8, 4) is 0 Å². The van der Waals surface area contributed by atoms with Gasteiger partial charge in [-0.2, -0.15) is 4.31 Å². The Morgan fingerprint density at radius 3 is 2.06 bits per heavy atom. The van der Waals surface area contributed by atoms with E-state index in [1.54, 1.807) is 13.8 Å². The van der Waals surface area contributed by atoms with Crippen LogP contribution in [0.3, 0.4) is 0 Å². The fourth-order valence-electron chi connectivity index (χ4n) is 1.59. The Hall–Kier alpha value is -1.15. The summed E-state index contributed by atoms with van der Waals surface area (Å²) in [5, 5.41) is 17.7. The molecular weight excluding hydrogens is 262 g/mol. The summed E-state index contributed by atoms with van der Waals surface area (Å²) in [4.78, 5) is 21.7. The van der Waals surface area contributed by atoms with E-state index in [-0.39, 0.29) is 6.54 Å². The number of nitrogens with zero attached hydrogens (tertiary/aromatic N) is 1. The summed E-state index contributed by atoms with van der Waals surface area (Å²) in [6.45, 7) is 3.03. The van der Waals surface area contributed by atoms with Crippen LogP contribution in [-0.2, 0) is 19.6 Å². The molecule has 0 bridgehead atoms. The molecule has 0 rings (SSSR count). The zero-order chi connectivity index (χ0) is 14.5. The number of sulfonamides is 1. The SMILES string of the molecule is CCC(C)C(C(=O)O)N(CCC(=O)O)S(C)(=O)=O. The smallest absolute Gasteiger partial charge is 0.322 e. The Bertz CT molecular complexity index is 405. The van der Waals surface area contributed by atoms with Crippen molar-refractivity contribution in [1.29, 1.82) is 0 Å². The van der Waals surface area contributed by atoms with E-state index in [0.717, 1.165) is 10.6 Å². The van der Waals surface area contributed by atoms with Gasteiger partial charge in [-0.15, -0.1) is 0 Å². The summed E-state index contributed by atoms with van der Waals surface area (Å²) in [7, 11) is -3.77. The van der Waals surface area contributed by atoms with Crippen LogP contribution in [0.15, 0.2) is 0 Å². The summed E-state index contributed by atoms with van der Waals surface area (Å²) in [6.07, 6.45) is 0.941. The minimum atomic E-state index is -3.77. The highest BCUT2D eigenvalue weighted by molar-refractivity contribution is 7.88. The van der Waals surface area contributed by atoms with Crippen LogP contribution in [0.1, 0.15) is 26.7 Å². The number of rotatable bonds is 8. The third-order valence-corrected chi connectivity index (χ3v) is 3.98. The lowest BCUT2D eigenvalue weighted by Gasteiger charge is -2.29. The lowest BCUT2D eigenvalue weighted by atomic mass is 9.99. The van der Waals surface area contributed by atoms with Crippen molar-refractivity contribution < 1.29 is 28.2 Å². The summed E-state index contributed by atoms with van der Waals surface area (Å²) in [6, 6.07) is -1.23. The Morgan fingerprint density at radius 1 is 1.28 bits per heavy atom. The van der Waals surface area contributed by atoms with E-state index < -0.39 is 40.3 Å². The molecule has 0 aliphatic heterocycles. The van der Waals surface area contributed by atoms with E-state index in [2.05, 4.69) is 0 Å². The van der Waals surface area contributed by atoms with Gasteiger partial charge in [-0.3, -0.25) is 9.59 Å². The summed E-state index contributed by atoms with van der Waals surface area (Å²) in [5.41, 5.74) is 0. The molecule has 0 aromatic rings. The second kappa shape index (κ2) is 6.69. The van der Waals surface area contributed by atoms with Crippen LogP contribution in [0.5, 0.6) is 0 Å². The molecule has 0 saturated heterocycles. The predicted octanol–water partition coefficient (Wildman–Crippen LogP) is 0.222. The summed E-state index contributed by atoms with van der Waals surface area (Å²) in [5.74, 6) is -2.83. The molecule has 0 amide bonds. The van der Waals surface area contributed by atoms with Gasteiger partial charge in [0.1, 0.15) is 6.04 Å². The normalized spacial score (nSPS) is 15.3. The highest BCUT2D eigenvalue weighted by Crippen LogP contribution is 2.18. The van der Waals surface area contributed by atoms with Crippen LogP contribution >= 0.6 is 0 Å². The van der Waals surface area contributed by atoms with E-state index in [0.29, 0.717) is 6.42 Å². The van der Waals surface area contributed by atoms with Gasteiger partial charge >= 0.3 is 11.9 Å². The van der Waals surface area contributed by atoms with E-state index in [1.165, 1.54) is 0 Å². The Morgan fingerprint density at radius 2 is 1.78 bits per heavy atom. The first kappa shape index (κ1) is 16.9. The average molecular weight is 281 g/mol. The monoisotopic (exact) mass is 281 g/mol. The highest BCUT2D eigenvalue weighted by atomic mass is 32.2. The fraction of sp³-hybridized carbons (Fsp3) is 0.800. The maximum Gasteiger partial charge on any atom is 0.322 e. The van der Waals surface area contributed by atoms with E-state index in [9.17, 15) is 18.0 Å². The first-order chi connectivity index (χ1) is 8.11. The molecule has 8 heteroatoms. The zero-order valence-corrected chi connectivity index (χ0v) is 11.5. The van der Waals surface area contributed by atoms with Gasteiger partial charge in [0.15, 0.2) is 0 Å². The van der Waals surface area contributed by atoms with Gasteiger partial charge in [0.25, 0.3) is 0 Å². The molecule has 0 aromatic carbocycles. The first-order valence-electron chi connectivity index (χ1n) is 5.52. The number of hydrogen-bond acceptors (Lipinski definition) is 4. The molecule has 106 valence electrons. The molecule has 0 saturated carbocycles. The van der Waals surface area contributed by atoms with Crippen LogP contribution in [0.4, 0.5) is 0 Å². The Labute approximate surface area is 106 Å². The minimum Gasteiger partial charge on any atom is -0.481 e. The molecule has 2 atom stereocenters. The third kappa shape index (κ3) is 5.01. The molecule has 2 N–H and O–H groups in total. The highest BCUT2D eigenvalue weighted by Gasteiger charge is 2.35. The van der Waals surface area contributed by atoms with Crippen LogP contribution in [0.2, 0.25) is 0 Å². The first-order valence-corrected chi connectivity index (χ1v) is 7.37. The van der Waals surface area contributed by atoms with Crippen molar-refractivity contribution >= 4 is 22.0 Å². The summed E-state index contributed by atoms with van der Waals surface area (Å²) >= 11 is 0. The maximum absolute atomic E-state index is 11.6. The van der Waals surface area contributed by atoms with Crippen molar-refractivity contribution in [2.24, 2.45) is 5.92 Å². The van der Waals surface area contributed by atoms with Crippen LogP contribution in [-0.4, -0.2) is 53.7 Å². The van der Waals surface area contributed by atoms with Crippen molar-refractivity contribution in [2.75, 3.05) is 12.8 Å². The topological polar surface area (TPSA) is 112 Å². The molecule has 0 spiro atoms. The molecule has 0 heterocycles. The van der Waals surface area contributed by atoms with Crippen molar-refractivity contribution in [2.45, 2.75) is 32.7 Å². The van der Waals surface area contributed by atoms with E-state index >= 15 is 0 Å². The van der Waals surface area contributed by atoms with Crippen molar-refractivity contribution in [1.82, 2.24) is 4.31 Å². The molecule has 18 heavy (non-hydrogen) atoms. The van der Waals surface area contributed by atoms with E-state index in [4.69, 9.17) is 10.2 Å². The predicted molar refractivity (Wildman–Crippen MR) is 64.7 cm³/mol. The van der Waals surface area contributed by atoms with Gasteiger partial charge in [-0.25, -0.2) is 8.42 Å². The van der Waals surface area contributed by atoms with Crippen LogP contribution in [0, 0.1) is 5.92 Å². The largest absolute Gasteiger partial charge is 0.481 e. The van der Waals surface area contributed by atoms with Gasteiger partial charge in [0.2, 0.25) is 10.0 Å². The standard InChI is InChI=1S/C10H19NO6S/c1-4-7(2)9(10(14)15)11(18(3,16)17)6-5-8(12)13/h7,9H,4-6H2,1-3H3,(H,12,13)(H,14,15). The average Bonchev–Trinajstić information content (AvgIpc) is 2.20. The molecule has 2 unspecified atom stereocenters. The molecule has 7 nitrogen and oxygen atoms in total. The van der Waals surface area contributed by atoms with Crippen molar-refractivity contribution in [3.05, 3.63) is 0 Å². The van der Waals surface area contributed by atoms with E-state index in [1.807, 2.05) is 0 Å². The second-order valence-corrected chi connectivity index (χ2v) is 6.12. The zero-order valence-electron chi connectivity index (χ0n) is 10.7. The number of carboxylic acid groups (broad SMARTS) is 2. The lowest BCUT2D eigenvalue weighted by molar-refractivity contribution is -0.144. The van der Waals surface area contributed by atoms with Gasteiger partial charge < -0.3 is 10.2 Å². The Kier molecular flexibility index (Phi) is 6.27. The number of carbonyl (C=O) groups is 2. The number of carboxylic acids is 2. The molecular formula is C10H19NO6S. The fourth-order valence-corrected chi connectivity index (χ4v) is 2.72. The van der Waals surface area contributed by atoms with Gasteiger partial charge in [0.05, 0.1) is 12.7 Å². The molecule has 0 aromatic heterocycles. The van der Waals surface area contributed by atoms with Gasteiger partial charge in [-0.05, 0) is 5.92 Å².